The van der Waals surface area contributed by atoms with Gasteiger partial charge in [0.15, 0.2) is 0 Å². The number of piperidine rings is 1. The summed E-state index contributed by atoms with van der Waals surface area (Å²) in [5, 5.41) is 16.1. The predicted molar refractivity (Wildman–Crippen MR) is 149 cm³/mol. The van der Waals surface area contributed by atoms with Crippen molar-refractivity contribution in [2.75, 3.05) is 31.5 Å². The summed E-state index contributed by atoms with van der Waals surface area (Å²) < 4.78 is 0. The van der Waals surface area contributed by atoms with E-state index in [2.05, 4.69) is 39.8 Å². The lowest BCUT2D eigenvalue weighted by atomic mass is 9.92. The van der Waals surface area contributed by atoms with Crippen LogP contribution < -0.4 is 10.6 Å². The number of aryl methyl sites for hydroxylation is 2. The van der Waals surface area contributed by atoms with Gasteiger partial charge in [-0.15, -0.1) is 0 Å². The molecule has 1 saturated carbocycles. The molecule has 1 amide bonds. The van der Waals surface area contributed by atoms with Gasteiger partial charge in [-0.2, -0.15) is 0 Å². The van der Waals surface area contributed by atoms with Gasteiger partial charge in [-0.25, -0.2) is 4.98 Å². The van der Waals surface area contributed by atoms with E-state index in [1.807, 2.05) is 12.1 Å². The molecule has 1 saturated heterocycles. The minimum atomic E-state index is -0.891. The number of amides is 1. The molecule has 0 radical (unpaired) electrons. The van der Waals surface area contributed by atoms with Gasteiger partial charge in [0, 0.05) is 18.8 Å². The Balaban J connectivity index is 1.15. The second-order valence-electron chi connectivity index (χ2n) is 11.4. The SMILES string of the molecule is O=C(O)C[C@H](NC(=O)[C@@H]1CCCN(CCCc2ccc3c(n2)NCCC3)C1)c1cccc(C2CCCC2)c1. The van der Waals surface area contributed by atoms with Crippen LogP contribution in [0.25, 0.3) is 0 Å². The quantitative estimate of drug-likeness (QED) is 0.406. The van der Waals surface area contributed by atoms with Crippen LogP contribution in [0.1, 0.15) is 92.1 Å². The number of carboxylic acids is 1. The number of anilines is 1. The maximum atomic E-state index is 13.3. The van der Waals surface area contributed by atoms with E-state index in [1.54, 1.807) is 0 Å². The summed E-state index contributed by atoms with van der Waals surface area (Å²) in [6.45, 7) is 3.68. The molecule has 3 aliphatic rings. The second kappa shape index (κ2) is 12.7. The fraction of sp³-hybridized carbons (Fsp3) is 0.581. The Labute approximate surface area is 226 Å². The third-order valence-corrected chi connectivity index (χ3v) is 8.57. The van der Waals surface area contributed by atoms with Crippen LogP contribution in [0, 0.1) is 5.92 Å². The van der Waals surface area contributed by atoms with Crippen LogP contribution in [0.4, 0.5) is 5.82 Å². The third kappa shape index (κ3) is 6.93. The molecule has 2 atom stereocenters. The number of carbonyl (C=O) groups excluding carboxylic acids is 1. The van der Waals surface area contributed by atoms with E-state index in [0.717, 1.165) is 75.4 Å². The number of carboxylic acid groups (broad SMARTS) is 1. The maximum Gasteiger partial charge on any atom is 0.305 e. The summed E-state index contributed by atoms with van der Waals surface area (Å²) in [7, 11) is 0. The van der Waals surface area contributed by atoms with Crippen molar-refractivity contribution >= 4 is 17.7 Å². The van der Waals surface area contributed by atoms with Crippen molar-refractivity contribution in [3.8, 4) is 0 Å². The zero-order valence-electron chi connectivity index (χ0n) is 22.5. The van der Waals surface area contributed by atoms with Crippen LogP contribution in [-0.2, 0) is 22.4 Å². The van der Waals surface area contributed by atoms with Crippen molar-refractivity contribution in [1.82, 2.24) is 15.2 Å². The van der Waals surface area contributed by atoms with Crippen molar-refractivity contribution in [1.29, 1.82) is 0 Å². The Bertz CT molecular complexity index is 1110. The fourth-order valence-electron chi connectivity index (χ4n) is 6.47. The van der Waals surface area contributed by atoms with Crippen molar-refractivity contribution in [2.45, 2.75) is 82.6 Å². The highest BCUT2D eigenvalue weighted by molar-refractivity contribution is 5.80. The Kier molecular flexibility index (Phi) is 8.94. The third-order valence-electron chi connectivity index (χ3n) is 8.57. The molecule has 0 spiro atoms. The topological polar surface area (TPSA) is 94.6 Å². The molecular weight excluding hydrogens is 476 g/mol. The summed E-state index contributed by atoms with van der Waals surface area (Å²) in [5.74, 6) is 0.584. The first-order chi connectivity index (χ1) is 18.5. The van der Waals surface area contributed by atoms with Crippen molar-refractivity contribution in [3.63, 3.8) is 0 Å². The Morgan fingerprint density at radius 1 is 1.11 bits per heavy atom. The Morgan fingerprint density at radius 3 is 2.82 bits per heavy atom. The highest BCUT2D eigenvalue weighted by Gasteiger charge is 2.29. The Hall–Kier alpha value is -2.93. The van der Waals surface area contributed by atoms with Crippen LogP contribution in [0.2, 0.25) is 0 Å². The highest BCUT2D eigenvalue weighted by Crippen LogP contribution is 2.35. The van der Waals surface area contributed by atoms with Crippen LogP contribution in [0.15, 0.2) is 36.4 Å². The minimum absolute atomic E-state index is 0.0188. The average Bonchev–Trinajstić information content (AvgIpc) is 3.48. The zero-order valence-corrected chi connectivity index (χ0v) is 22.5. The molecule has 0 bridgehead atoms. The van der Waals surface area contributed by atoms with Gasteiger partial charge in [0.05, 0.1) is 18.4 Å². The van der Waals surface area contributed by atoms with E-state index in [1.165, 1.54) is 43.2 Å². The molecule has 7 nitrogen and oxygen atoms in total. The number of hydrogen-bond acceptors (Lipinski definition) is 5. The summed E-state index contributed by atoms with van der Waals surface area (Å²) in [6.07, 6.45) is 10.8. The standard InChI is InChI=1S/C31H42N4O3/c36-29(37)20-28(25-10-3-9-24(19-25)22-7-1-2-8-22)34-31(38)26-12-5-17-35(21-26)18-6-13-27-15-14-23-11-4-16-32-30(23)33-27/h3,9-10,14-15,19,22,26,28H,1-2,4-8,11-13,16-18,20-21H2,(H,32,33)(H,34,38)(H,36,37)/t26-,28+/m1/s1. The first-order valence-corrected chi connectivity index (χ1v) is 14.6. The number of benzene rings is 1. The maximum absolute atomic E-state index is 13.3. The van der Waals surface area contributed by atoms with Gasteiger partial charge in [0.25, 0.3) is 0 Å². The molecule has 1 aliphatic carbocycles. The van der Waals surface area contributed by atoms with Gasteiger partial charge in [0.2, 0.25) is 5.91 Å². The van der Waals surface area contributed by atoms with Gasteiger partial charge in [-0.3, -0.25) is 9.59 Å². The monoisotopic (exact) mass is 518 g/mol. The number of likely N-dealkylation sites (tertiary alicyclic amines) is 1. The molecular formula is C31H42N4O3. The van der Waals surface area contributed by atoms with Crippen LogP contribution in [0.3, 0.4) is 0 Å². The van der Waals surface area contributed by atoms with Crippen LogP contribution >= 0.6 is 0 Å². The van der Waals surface area contributed by atoms with E-state index in [4.69, 9.17) is 4.98 Å². The van der Waals surface area contributed by atoms with Gasteiger partial charge >= 0.3 is 5.97 Å². The molecule has 204 valence electrons. The van der Waals surface area contributed by atoms with Crippen molar-refractivity contribution in [3.05, 3.63) is 58.8 Å². The number of pyridine rings is 1. The lowest BCUT2D eigenvalue weighted by Gasteiger charge is -2.33. The number of aliphatic carboxylic acids is 1. The van der Waals surface area contributed by atoms with Gasteiger partial charge in [0.1, 0.15) is 5.82 Å². The number of nitrogens with one attached hydrogen (secondary N) is 2. The zero-order chi connectivity index (χ0) is 26.3. The normalized spacial score (nSPS) is 20.9. The number of rotatable bonds is 10. The lowest BCUT2D eigenvalue weighted by molar-refractivity contribution is -0.138. The number of aromatic nitrogens is 1. The van der Waals surface area contributed by atoms with E-state index in [0.29, 0.717) is 5.92 Å². The minimum Gasteiger partial charge on any atom is -0.481 e. The molecule has 7 heteroatoms. The molecule has 2 aromatic rings. The van der Waals surface area contributed by atoms with E-state index in [-0.39, 0.29) is 18.2 Å². The summed E-state index contributed by atoms with van der Waals surface area (Å²) >= 11 is 0. The van der Waals surface area contributed by atoms with E-state index in [9.17, 15) is 14.7 Å². The predicted octanol–water partition coefficient (Wildman–Crippen LogP) is 5.07. The number of nitrogens with zero attached hydrogens (tertiary/aromatic N) is 2. The molecule has 5 rings (SSSR count). The first-order valence-electron chi connectivity index (χ1n) is 14.6. The summed E-state index contributed by atoms with van der Waals surface area (Å²) in [5.41, 5.74) is 4.62. The molecule has 1 aromatic heterocycles. The molecule has 3 N–H and O–H groups in total. The average molecular weight is 519 g/mol. The summed E-state index contributed by atoms with van der Waals surface area (Å²) in [4.78, 5) is 32.2. The number of carbonyl (C=O) groups is 2. The molecule has 38 heavy (non-hydrogen) atoms. The van der Waals surface area contributed by atoms with Crippen LogP contribution in [0.5, 0.6) is 0 Å². The van der Waals surface area contributed by atoms with Crippen molar-refractivity contribution in [2.24, 2.45) is 5.92 Å². The molecule has 3 heterocycles. The van der Waals surface area contributed by atoms with Crippen LogP contribution in [-0.4, -0.2) is 53.0 Å². The molecule has 1 aromatic carbocycles. The largest absolute Gasteiger partial charge is 0.481 e. The second-order valence-corrected chi connectivity index (χ2v) is 11.4. The fourth-order valence-corrected chi connectivity index (χ4v) is 6.47. The van der Waals surface area contributed by atoms with Gasteiger partial charge in [-0.1, -0.05) is 43.2 Å². The number of fused-ring (bicyclic) bond motifs is 1. The smallest absolute Gasteiger partial charge is 0.305 e. The lowest BCUT2D eigenvalue weighted by Crippen LogP contribution is -2.44. The van der Waals surface area contributed by atoms with Gasteiger partial charge < -0.3 is 20.6 Å². The van der Waals surface area contributed by atoms with E-state index < -0.39 is 12.0 Å². The molecule has 2 fully saturated rings. The number of hydrogen-bond donors (Lipinski definition) is 3. The summed E-state index contributed by atoms with van der Waals surface area (Å²) in [6, 6.07) is 12.1. The molecule has 0 unspecified atom stereocenters. The molecule has 2 aliphatic heterocycles. The Morgan fingerprint density at radius 2 is 1.97 bits per heavy atom. The van der Waals surface area contributed by atoms with E-state index >= 15 is 0 Å². The van der Waals surface area contributed by atoms with Gasteiger partial charge in [-0.05, 0) is 93.1 Å². The van der Waals surface area contributed by atoms with Crippen molar-refractivity contribution < 1.29 is 14.7 Å². The highest BCUT2D eigenvalue weighted by atomic mass is 16.4. The first kappa shape index (κ1) is 26.7.